The molecule has 0 amide bonds. The third-order valence-electron chi connectivity index (χ3n) is 2.95. The number of benzene rings is 2. The summed E-state index contributed by atoms with van der Waals surface area (Å²) in [5.41, 5.74) is 2.42. The predicted molar refractivity (Wildman–Crippen MR) is 77.3 cm³/mol. The average molecular weight is 287 g/mol. The number of phenols is 2. The molecule has 20 heavy (non-hydrogen) atoms. The van der Waals surface area contributed by atoms with E-state index in [1.54, 1.807) is 41.1 Å². The maximum Gasteiger partial charge on any atom is 0.134 e. The molecule has 3 aromatic rings. The van der Waals surface area contributed by atoms with Crippen molar-refractivity contribution < 1.29 is 10.2 Å². The van der Waals surface area contributed by atoms with Crippen LogP contribution in [0.3, 0.4) is 0 Å². The quantitative estimate of drug-likeness (QED) is 0.757. The third-order valence-corrected chi connectivity index (χ3v) is 3.25. The molecule has 0 unspecified atom stereocenters. The van der Waals surface area contributed by atoms with Gasteiger partial charge in [0.25, 0.3) is 0 Å². The zero-order chi connectivity index (χ0) is 14.1. The van der Waals surface area contributed by atoms with Crippen LogP contribution in [0, 0.1) is 0 Å². The van der Waals surface area contributed by atoms with E-state index in [4.69, 9.17) is 11.6 Å². The van der Waals surface area contributed by atoms with E-state index in [9.17, 15) is 10.2 Å². The molecular weight excluding hydrogens is 276 g/mol. The Hall–Kier alpha value is -2.46. The second kappa shape index (κ2) is 4.90. The van der Waals surface area contributed by atoms with Crippen molar-refractivity contribution >= 4 is 11.6 Å². The van der Waals surface area contributed by atoms with Crippen molar-refractivity contribution in [3.8, 4) is 28.4 Å². The van der Waals surface area contributed by atoms with Gasteiger partial charge in [0.15, 0.2) is 0 Å². The molecule has 4 nitrogen and oxygen atoms in total. The summed E-state index contributed by atoms with van der Waals surface area (Å²) in [6.45, 7) is 0. The molecule has 0 radical (unpaired) electrons. The first-order valence-electron chi connectivity index (χ1n) is 5.97. The van der Waals surface area contributed by atoms with Gasteiger partial charge in [0.1, 0.15) is 11.5 Å². The van der Waals surface area contributed by atoms with Gasteiger partial charge in [0.05, 0.1) is 16.4 Å². The van der Waals surface area contributed by atoms with Crippen molar-refractivity contribution in [1.29, 1.82) is 0 Å². The molecule has 0 saturated carbocycles. The lowest BCUT2D eigenvalue weighted by atomic mass is 10.1. The highest BCUT2D eigenvalue weighted by Crippen LogP contribution is 2.28. The summed E-state index contributed by atoms with van der Waals surface area (Å²) in [6, 6.07) is 13.6. The fourth-order valence-corrected chi connectivity index (χ4v) is 2.07. The first kappa shape index (κ1) is 12.6. The molecule has 1 aromatic heterocycles. The van der Waals surface area contributed by atoms with Crippen LogP contribution >= 0.6 is 11.6 Å². The lowest BCUT2D eigenvalue weighted by Crippen LogP contribution is -1.94. The summed E-state index contributed by atoms with van der Waals surface area (Å²) in [7, 11) is 0. The number of aromatic hydroxyl groups is 2. The Labute approximate surface area is 120 Å². The molecule has 100 valence electrons. The minimum Gasteiger partial charge on any atom is -0.508 e. The number of rotatable bonds is 2. The van der Waals surface area contributed by atoms with Crippen LogP contribution in [-0.4, -0.2) is 20.0 Å². The monoisotopic (exact) mass is 286 g/mol. The van der Waals surface area contributed by atoms with Gasteiger partial charge in [0.2, 0.25) is 0 Å². The first-order valence-corrected chi connectivity index (χ1v) is 6.35. The maximum absolute atomic E-state index is 9.42. The Morgan fingerprint density at radius 1 is 0.950 bits per heavy atom. The van der Waals surface area contributed by atoms with Crippen LogP contribution < -0.4 is 0 Å². The van der Waals surface area contributed by atoms with Crippen LogP contribution in [0.15, 0.2) is 54.7 Å². The zero-order valence-corrected chi connectivity index (χ0v) is 11.1. The molecule has 0 saturated heterocycles. The summed E-state index contributed by atoms with van der Waals surface area (Å²) in [6.07, 6.45) is 1.82. The average Bonchev–Trinajstić information content (AvgIpc) is 2.92. The highest BCUT2D eigenvalue weighted by Gasteiger charge is 2.06. The van der Waals surface area contributed by atoms with E-state index in [0.717, 1.165) is 16.9 Å². The molecule has 0 aliphatic rings. The lowest BCUT2D eigenvalue weighted by Gasteiger charge is -2.02. The number of hydrogen-bond donors (Lipinski definition) is 2. The summed E-state index contributed by atoms with van der Waals surface area (Å²) in [5, 5.41) is 23.4. The van der Waals surface area contributed by atoms with Gasteiger partial charge in [-0.2, -0.15) is 5.10 Å². The van der Waals surface area contributed by atoms with E-state index in [1.807, 2.05) is 12.3 Å². The van der Waals surface area contributed by atoms with Crippen molar-refractivity contribution in [2.45, 2.75) is 0 Å². The van der Waals surface area contributed by atoms with Crippen LogP contribution in [-0.2, 0) is 0 Å². The van der Waals surface area contributed by atoms with Gasteiger partial charge >= 0.3 is 0 Å². The van der Waals surface area contributed by atoms with Crippen LogP contribution in [0.25, 0.3) is 16.9 Å². The molecule has 0 aliphatic carbocycles. The summed E-state index contributed by atoms with van der Waals surface area (Å²) in [4.78, 5) is 0. The van der Waals surface area contributed by atoms with Crippen molar-refractivity contribution in [3.05, 3.63) is 59.8 Å². The molecule has 2 N–H and O–H groups in total. The smallest absolute Gasteiger partial charge is 0.134 e. The lowest BCUT2D eigenvalue weighted by molar-refractivity contribution is 0.475. The molecule has 0 fully saturated rings. The van der Waals surface area contributed by atoms with Gasteiger partial charge < -0.3 is 10.2 Å². The normalized spacial score (nSPS) is 10.7. The number of aromatic nitrogens is 2. The number of hydrogen-bond acceptors (Lipinski definition) is 3. The number of phenolic OH excluding ortho intramolecular Hbond substituents is 2. The summed E-state index contributed by atoms with van der Waals surface area (Å²) in [5.74, 6) is 0.264. The van der Waals surface area contributed by atoms with Crippen molar-refractivity contribution in [2.24, 2.45) is 0 Å². The number of halogens is 1. The van der Waals surface area contributed by atoms with Gasteiger partial charge in [-0.3, -0.25) is 0 Å². The second-order valence-corrected chi connectivity index (χ2v) is 4.74. The SMILES string of the molecule is Oc1ccc(-n2ccc(-c3ccc(O)c(Cl)c3)n2)cc1. The summed E-state index contributed by atoms with van der Waals surface area (Å²) >= 11 is 5.89. The molecule has 0 spiro atoms. The van der Waals surface area contributed by atoms with Crippen LogP contribution in [0.4, 0.5) is 0 Å². The molecular formula is C15H11ClN2O2. The van der Waals surface area contributed by atoms with E-state index in [1.165, 1.54) is 6.07 Å². The molecule has 3 rings (SSSR count). The highest BCUT2D eigenvalue weighted by atomic mass is 35.5. The van der Waals surface area contributed by atoms with Gasteiger partial charge in [-0.15, -0.1) is 0 Å². The minimum absolute atomic E-state index is 0.0494. The van der Waals surface area contributed by atoms with Crippen molar-refractivity contribution in [1.82, 2.24) is 9.78 Å². The second-order valence-electron chi connectivity index (χ2n) is 4.33. The van der Waals surface area contributed by atoms with Crippen molar-refractivity contribution in [2.75, 3.05) is 0 Å². The van der Waals surface area contributed by atoms with Gasteiger partial charge in [-0.25, -0.2) is 4.68 Å². The molecule has 2 aromatic carbocycles. The predicted octanol–water partition coefficient (Wildman–Crippen LogP) is 3.60. The Bertz CT molecular complexity index is 751. The van der Waals surface area contributed by atoms with Gasteiger partial charge in [0, 0.05) is 11.8 Å². The highest BCUT2D eigenvalue weighted by molar-refractivity contribution is 6.32. The fraction of sp³-hybridized carbons (Fsp3) is 0. The molecule has 0 atom stereocenters. The molecule has 1 heterocycles. The minimum atomic E-state index is 0.0494. The topological polar surface area (TPSA) is 58.3 Å². The number of nitrogens with zero attached hydrogens (tertiary/aromatic N) is 2. The van der Waals surface area contributed by atoms with Crippen molar-refractivity contribution in [3.63, 3.8) is 0 Å². The largest absolute Gasteiger partial charge is 0.508 e. The van der Waals surface area contributed by atoms with E-state index in [0.29, 0.717) is 5.02 Å². The van der Waals surface area contributed by atoms with E-state index in [-0.39, 0.29) is 11.5 Å². The van der Waals surface area contributed by atoms with Gasteiger partial charge in [-0.05, 0) is 48.5 Å². The van der Waals surface area contributed by atoms with Gasteiger partial charge in [-0.1, -0.05) is 11.6 Å². The van der Waals surface area contributed by atoms with Crippen LogP contribution in [0.5, 0.6) is 11.5 Å². The fourth-order valence-electron chi connectivity index (χ4n) is 1.89. The van der Waals surface area contributed by atoms with E-state index in [2.05, 4.69) is 5.10 Å². The van der Waals surface area contributed by atoms with Crippen LogP contribution in [0.1, 0.15) is 0 Å². The molecule has 5 heteroatoms. The molecule has 0 aliphatic heterocycles. The zero-order valence-electron chi connectivity index (χ0n) is 10.4. The standard InChI is InChI=1S/C15H11ClN2O2/c16-13-9-10(1-6-15(13)20)14-7-8-18(17-14)11-2-4-12(19)5-3-11/h1-9,19-20H. The Morgan fingerprint density at radius 2 is 1.70 bits per heavy atom. The Balaban J connectivity index is 1.97. The Morgan fingerprint density at radius 3 is 2.40 bits per heavy atom. The molecule has 0 bridgehead atoms. The summed E-state index contributed by atoms with van der Waals surface area (Å²) < 4.78 is 1.70. The van der Waals surface area contributed by atoms with Crippen LogP contribution in [0.2, 0.25) is 5.02 Å². The maximum atomic E-state index is 9.42. The van der Waals surface area contributed by atoms with E-state index >= 15 is 0 Å². The first-order chi connectivity index (χ1) is 9.63. The Kier molecular flexibility index (Phi) is 3.08. The third kappa shape index (κ3) is 2.33. The van der Waals surface area contributed by atoms with E-state index < -0.39 is 0 Å².